The molecule has 9 heteroatoms. The molecule has 1 aliphatic heterocycles. The second-order valence-corrected chi connectivity index (χ2v) is 7.50. The highest BCUT2D eigenvalue weighted by molar-refractivity contribution is 7.88. The largest absolute Gasteiger partial charge is 0.397 e. The maximum Gasteiger partial charge on any atom is 0.211 e. The topological polar surface area (TPSA) is 101 Å². The Labute approximate surface area is 128 Å². The second-order valence-electron chi connectivity index (χ2n) is 5.14. The summed E-state index contributed by atoms with van der Waals surface area (Å²) in [5.41, 5.74) is 11.7. The van der Waals surface area contributed by atoms with Gasteiger partial charge >= 0.3 is 0 Å². The van der Waals surface area contributed by atoms with Crippen LogP contribution >= 0.6 is 11.6 Å². The van der Waals surface area contributed by atoms with Gasteiger partial charge in [-0.1, -0.05) is 11.6 Å². The number of nitrogens with two attached hydrogens (primary N) is 2. The fourth-order valence-electron chi connectivity index (χ4n) is 2.35. The van der Waals surface area contributed by atoms with E-state index >= 15 is 0 Å². The Morgan fingerprint density at radius 2 is 1.90 bits per heavy atom. The first-order valence-electron chi connectivity index (χ1n) is 6.44. The van der Waals surface area contributed by atoms with E-state index in [2.05, 4.69) is 5.32 Å². The van der Waals surface area contributed by atoms with Gasteiger partial charge in [-0.2, -0.15) is 0 Å². The Hall–Kier alpha value is -1.25. The zero-order valence-electron chi connectivity index (χ0n) is 11.6. The molecular formula is C12H18ClFN4O2S. The predicted molar refractivity (Wildman–Crippen MR) is 83.3 cm³/mol. The molecule has 0 atom stereocenters. The minimum absolute atomic E-state index is 0.0699. The highest BCUT2D eigenvalue weighted by Crippen LogP contribution is 2.34. The Morgan fingerprint density at radius 1 is 1.33 bits per heavy atom. The van der Waals surface area contributed by atoms with E-state index in [4.69, 9.17) is 23.1 Å². The molecule has 0 spiro atoms. The Morgan fingerprint density at radius 3 is 2.43 bits per heavy atom. The van der Waals surface area contributed by atoms with E-state index < -0.39 is 15.8 Å². The molecule has 0 aromatic heterocycles. The Balaban J connectivity index is 2.10. The van der Waals surface area contributed by atoms with E-state index in [1.807, 2.05) is 0 Å². The van der Waals surface area contributed by atoms with Crippen LogP contribution in [0.25, 0.3) is 0 Å². The van der Waals surface area contributed by atoms with Crippen LogP contribution in [-0.4, -0.2) is 38.1 Å². The number of hydrogen-bond acceptors (Lipinski definition) is 5. The lowest BCUT2D eigenvalue weighted by Gasteiger charge is -2.31. The number of nitrogens with one attached hydrogen (secondary N) is 1. The number of anilines is 3. The molecule has 0 radical (unpaired) electrons. The second kappa shape index (κ2) is 5.86. The Kier molecular flexibility index (Phi) is 4.50. The number of halogens is 2. The van der Waals surface area contributed by atoms with Gasteiger partial charge in [0.1, 0.15) is 5.02 Å². The first kappa shape index (κ1) is 16.1. The molecule has 0 aliphatic carbocycles. The number of nitrogen functional groups attached to an aromatic ring is 2. The lowest BCUT2D eigenvalue weighted by atomic mass is 10.1. The summed E-state index contributed by atoms with van der Waals surface area (Å²) >= 11 is 5.77. The lowest BCUT2D eigenvalue weighted by Crippen LogP contribution is -2.42. The van der Waals surface area contributed by atoms with Crippen molar-refractivity contribution in [1.29, 1.82) is 0 Å². The summed E-state index contributed by atoms with van der Waals surface area (Å²) in [6.45, 7) is 0.779. The van der Waals surface area contributed by atoms with Crippen LogP contribution in [-0.2, 0) is 10.0 Å². The molecule has 1 aliphatic rings. The number of hydrogen-bond donors (Lipinski definition) is 3. The molecule has 6 nitrogen and oxygen atoms in total. The fraction of sp³-hybridized carbons (Fsp3) is 0.500. The molecule has 2 rings (SSSR count). The minimum atomic E-state index is -3.18. The van der Waals surface area contributed by atoms with E-state index in [0.29, 0.717) is 25.9 Å². The normalized spacial score (nSPS) is 17.9. The molecule has 1 saturated heterocycles. The number of benzene rings is 1. The molecular weight excluding hydrogens is 319 g/mol. The average Bonchev–Trinajstić information content (AvgIpc) is 2.41. The van der Waals surface area contributed by atoms with Gasteiger partial charge in [0.15, 0.2) is 5.82 Å². The standard InChI is InChI=1S/C12H18ClFN4O2S/c1-21(19,20)18-4-2-7(3-5-18)17-12-9(16)6-8(15)10(13)11(12)14/h6-7,17H,2-5,15-16H2,1H3. The smallest absolute Gasteiger partial charge is 0.211 e. The first-order valence-corrected chi connectivity index (χ1v) is 8.67. The molecule has 118 valence electrons. The van der Waals surface area contributed by atoms with Crippen molar-refractivity contribution in [3.8, 4) is 0 Å². The van der Waals surface area contributed by atoms with Gasteiger partial charge in [-0.05, 0) is 18.9 Å². The molecule has 5 N–H and O–H groups in total. The molecule has 0 amide bonds. The van der Waals surface area contributed by atoms with E-state index in [1.54, 1.807) is 0 Å². The van der Waals surface area contributed by atoms with Crippen molar-refractivity contribution < 1.29 is 12.8 Å². The predicted octanol–water partition coefficient (Wildman–Crippen LogP) is 1.48. The summed E-state index contributed by atoms with van der Waals surface area (Å²) in [6.07, 6.45) is 2.31. The first-order chi connectivity index (χ1) is 9.70. The van der Waals surface area contributed by atoms with Crippen LogP contribution in [0.1, 0.15) is 12.8 Å². The molecule has 1 heterocycles. The molecule has 1 aromatic carbocycles. The van der Waals surface area contributed by atoms with E-state index in [-0.39, 0.29) is 28.1 Å². The maximum atomic E-state index is 14.1. The minimum Gasteiger partial charge on any atom is -0.397 e. The van der Waals surface area contributed by atoms with Crippen LogP contribution in [0.5, 0.6) is 0 Å². The van der Waals surface area contributed by atoms with E-state index in [0.717, 1.165) is 0 Å². The lowest BCUT2D eigenvalue weighted by molar-refractivity contribution is 0.331. The van der Waals surface area contributed by atoms with Gasteiger partial charge in [-0.15, -0.1) is 0 Å². The SMILES string of the molecule is CS(=O)(=O)N1CCC(Nc2c(N)cc(N)c(Cl)c2F)CC1. The fourth-order valence-corrected chi connectivity index (χ4v) is 3.37. The summed E-state index contributed by atoms with van der Waals surface area (Å²) in [4.78, 5) is 0. The van der Waals surface area contributed by atoms with Crippen LogP contribution in [0.4, 0.5) is 21.5 Å². The zero-order chi connectivity index (χ0) is 15.8. The summed E-state index contributed by atoms with van der Waals surface area (Å²) < 4.78 is 38.4. The van der Waals surface area contributed by atoms with Gasteiger partial charge in [0.05, 0.1) is 23.3 Å². The van der Waals surface area contributed by atoms with Crippen molar-refractivity contribution in [1.82, 2.24) is 4.31 Å². The van der Waals surface area contributed by atoms with Crippen LogP contribution < -0.4 is 16.8 Å². The van der Waals surface area contributed by atoms with Crippen molar-refractivity contribution in [2.45, 2.75) is 18.9 Å². The van der Waals surface area contributed by atoms with Gasteiger partial charge < -0.3 is 16.8 Å². The highest BCUT2D eigenvalue weighted by Gasteiger charge is 2.26. The van der Waals surface area contributed by atoms with Crippen molar-refractivity contribution in [3.63, 3.8) is 0 Å². The summed E-state index contributed by atoms with van der Waals surface area (Å²) in [5, 5.41) is 2.83. The van der Waals surface area contributed by atoms with Crippen molar-refractivity contribution in [3.05, 3.63) is 16.9 Å². The monoisotopic (exact) mass is 336 g/mol. The zero-order valence-corrected chi connectivity index (χ0v) is 13.1. The van der Waals surface area contributed by atoms with Crippen LogP contribution in [0.15, 0.2) is 6.07 Å². The summed E-state index contributed by atoms with van der Waals surface area (Å²) in [6, 6.07) is 1.33. The van der Waals surface area contributed by atoms with E-state index in [1.165, 1.54) is 16.6 Å². The quantitative estimate of drug-likeness (QED) is 0.726. The Bertz CT molecular complexity index is 645. The number of nitrogens with zero attached hydrogens (tertiary/aromatic N) is 1. The molecule has 0 unspecified atom stereocenters. The van der Waals surface area contributed by atoms with Crippen molar-refractivity contribution in [2.24, 2.45) is 0 Å². The molecule has 0 saturated carbocycles. The molecule has 1 aromatic rings. The van der Waals surface area contributed by atoms with Crippen LogP contribution in [0.2, 0.25) is 5.02 Å². The van der Waals surface area contributed by atoms with Crippen molar-refractivity contribution in [2.75, 3.05) is 36.1 Å². The highest BCUT2D eigenvalue weighted by atomic mass is 35.5. The van der Waals surface area contributed by atoms with E-state index in [9.17, 15) is 12.8 Å². The third kappa shape index (κ3) is 3.50. The third-order valence-electron chi connectivity index (χ3n) is 3.54. The molecule has 1 fully saturated rings. The van der Waals surface area contributed by atoms with Gasteiger partial charge in [-0.3, -0.25) is 0 Å². The van der Waals surface area contributed by atoms with Crippen LogP contribution in [0.3, 0.4) is 0 Å². The van der Waals surface area contributed by atoms with Gasteiger partial charge in [-0.25, -0.2) is 17.1 Å². The molecule has 21 heavy (non-hydrogen) atoms. The average molecular weight is 337 g/mol. The number of rotatable bonds is 3. The van der Waals surface area contributed by atoms with Gasteiger partial charge in [0.2, 0.25) is 10.0 Å². The third-order valence-corrected chi connectivity index (χ3v) is 5.22. The number of sulfonamides is 1. The van der Waals surface area contributed by atoms with Crippen molar-refractivity contribution >= 4 is 38.7 Å². The number of piperidine rings is 1. The van der Waals surface area contributed by atoms with Crippen LogP contribution in [0, 0.1) is 5.82 Å². The summed E-state index contributed by atoms with van der Waals surface area (Å²) in [5.74, 6) is -0.681. The van der Waals surface area contributed by atoms with Gasteiger partial charge in [0, 0.05) is 19.1 Å². The van der Waals surface area contributed by atoms with Gasteiger partial charge in [0.25, 0.3) is 0 Å². The summed E-state index contributed by atoms with van der Waals surface area (Å²) in [7, 11) is -3.18. The molecule has 0 bridgehead atoms. The maximum absolute atomic E-state index is 14.1.